The van der Waals surface area contributed by atoms with Crippen molar-refractivity contribution in [1.29, 1.82) is 0 Å². The summed E-state index contributed by atoms with van der Waals surface area (Å²) in [5, 5.41) is 50.1. The molecule has 1 fully saturated rings. The van der Waals surface area contributed by atoms with Gasteiger partial charge in [0.25, 0.3) is 10.4 Å². The number of aliphatic hydroxyl groups is 5. The minimum atomic E-state index is -5.08. The third-order valence-electron chi connectivity index (χ3n) is 2.88. The summed E-state index contributed by atoms with van der Waals surface area (Å²) >= 11 is 0.635. The van der Waals surface area contributed by atoms with E-state index < -0.39 is 46.9 Å². The summed E-state index contributed by atoms with van der Waals surface area (Å²) in [6, 6.07) is 0. The molecule has 0 saturated carbocycles. The molecule has 23 heavy (non-hydrogen) atoms. The van der Waals surface area contributed by atoms with Gasteiger partial charge in [0.1, 0.15) is 34.9 Å². The minimum Gasteiger partial charge on any atom is -0.714 e. The van der Waals surface area contributed by atoms with Gasteiger partial charge in [0, 0.05) is 13.0 Å². The van der Waals surface area contributed by atoms with Crippen molar-refractivity contribution in [2.45, 2.75) is 42.7 Å². The lowest BCUT2D eigenvalue weighted by Crippen LogP contribution is -2.57. The first-order valence-electron chi connectivity index (χ1n) is 6.49. The molecule has 1 aliphatic heterocycles. The maximum Gasteiger partial charge on any atom is 0.284 e. The summed E-state index contributed by atoms with van der Waals surface area (Å²) in [5.41, 5.74) is -1.21. The summed E-state index contributed by atoms with van der Waals surface area (Å²) in [4.78, 5) is 0. The molecule has 1 rings (SSSR count). The number of nitrogens with zero attached hydrogens (tertiary/aromatic N) is 1. The van der Waals surface area contributed by atoms with Crippen molar-refractivity contribution in [3.05, 3.63) is 0 Å². The van der Waals surface area contributed by atoms with Crippen LogP contribution in [0.25, 0.3) is 0 Å². The molecular weight excluding hydrogens is 358 g/mol. The molecule has 0 aromatic carbocycles. The number of ether oxygens (including phenoxy) is 1. The Morgan fingerprint density at radius 3 is 2.39 bits per heavy atom. The first-order chi connectivity index (χ1) is 10.7. The van der Waals surface area contributed by atoms with E-state index in [9.17, 15) is 28.3 Å². The van der Waals surface area contributed by atoms with Gasteiger partial charge in [-0.05, 0) is 6.42 Å². The van der Waals surface area contributed by atoms with Crippen LogP contribution >= 0.6 is 11.8 Å². The van der Waals surface area contributed by atoms with E-state index in [1.54, 1.807) is 0 Å². The highest BCUT2D eigenvalue weighted by atomic mass is 32.3. The number of oxime groups is 1. The number of rotatable bonds is 7. The van der Waals surface area contributed by atoms with Crippen LogP contribution in [0.15, 0.2) is 5.16 Å². The topological polar surface area (TPSA) is 189 Å². The quantitative estimate of drug-likeness (QED) is 0.101. The van der Waals surface area contributed by atoms with Crippen LogP contribution < -0.4 is 0 Å². The zero-order valence-electron chi connectivity index (χ0n) is 11.8. The molecule has 0 spiro atoms. The van der Waals surface area contributed by atoms with Crippen LogP contribution in [0.4, 0.5) is 0 Å². The Labute approximate surface area is 136 Å². The number of hydrogen-bond acceptors (Lipinski definition) is 12. The van der Waals surface area contributed by atoms with Crippen molar-refractivity contribution in [2.75, 3.05) is 13.2 Å². The molecule has 5 atom stereocenters. The van der Waals surface area contributed by atoms with Crippen LogP contribution in [0.2, 0.25) is 0 Å². The molecule has 0 aliphatic carbocycles. The van der Waals surface area contributed by atoms with Gasteiger partial charge in [0.05, 0.1) is 6.61 Å². The van der Waals surface area contributed by atoms with Gasteiger partial charge in [0.15, 0.2) is 0 Å². The molecule has 13 heteroatoms. The van der Waals surface area contributed by atoms with Gasteiger partial charge in [-0.1, -0.05) is 16.9 Å². The second-order valence-electron chi connectivity index (χ2n) is 4.61. The lowest BCUT2D eigenvalue weighted by molar-refractivity contribution is -0.205. The zero-order valence-corrected chi connectivity index (χ0v) is 13.4. The maximum atomic E-state index is 10.4. The molecule has 136 valence electrons. The summed E-state index contributed by atoms with van der Waals surface area (Å²) in [6.45, 7) is -0.880. The second-order valence-corrected chi connectivity index (χ2v) is 6.75. The first kappa shape index (κ1) is 20.5. The van der Waals surface area contributed by atoms with Crippen molar-refractivity contribution < 1.29 is 47.5 Å². The Hall–Kier alpha value is -0.510. The monoisotopic (exact) mass is 376 g/mol. The van der Waals surface area contributed by atoms with Gasteiger partial charge < -0.3 is 34.8 Å². The third kappa shape index (κ3) is 6.48. The first-order valence-corrected chi connectivity index (χ1v) is 8.70. The Morgan fingerprint density at radius 2 is 1.87 bits per heavy atom. The van der Waals surface area contributed by atoms with Crippen LogP contribution in [0, 0.1) is 0 Å². The van der Waals surface area contributed by atoms with Crippen LogP contribution in [0.3, 0.4) is 0 Å². The van der Waals surface area contributed by atoms with E-state index in [2.05, 4.69) is 9.44 Å². The van der Waals surface area contributed by atoms with Crippen LogP contribution in [-0.2, 0) is 19.4 Å². The Bertz CT molecular complexity index is 496. The number of hydrogen-bond donors (Lipinski definition) is 5. The highest BCUT2D eigenvalue weighted by molar-refractivity contribution is 8.14. The van der Waals surface area contributed by atoms with E-state index in [0.717, 1.165) is 0 Å². The predicted octanol–water partition coefficient (Wildman–Crippen LogP) is -2.92. The molecule has 1 heterocycles. The molecule has 1 aliphatic rings. The van der Waals surface area contributed by atoms with Gasteiger partial charge in [-0.25, -0.2) is 0 Å². The van der Waals surface area contributed by atoms with E-state index in [0.29, 0.717) is 11.8 Å². The van der Waals surface area contributed by atoms with E-state index in [-0.39, 0.29) is 24.5 Å². The highest BCUT2D eigenvalue weighted by Gasteiger charge is 2.44. The average Bonchev–Trinajstić information content (AvgIpc) is 2.49. The fourth-order valence-corrected chi connectivity index (χ4v) is 3.08. The van der Waals surface area contributed by atoms with Gasteiger partial charge >= 0.3 is 0 Å². The minimum absolute atomic E-state index is 0.00566. The molecule has 0 aromatic rings. The van der Waals surface area contributed by atoms with Crippen LogP contribution in [-0.4, -0.2) is 86.6 Å². The van der Waals surface area contributed by atoms with Gasteiger partial charge in [0.2, 0.25) is 0 Å². The summed E-state index contributed by atoms with van der Waals surface area (Å²) in [6.07, 6.45) is -5.70. The molecule has 0 unspecified atom stereocenters. The molecule has 0 aromatic heterocycles. The van der Waals surface area contributed by atoms with Crippen molar-refractivity contribution in [1.82, 2.24) is 0 Å². The number of aliphatic hydroxyl groups excluding tert-OH is 5. The molecule has 1 saturated heterocycles. The SMILES string of the molecule is O=S(=O)([O-])O/N=C(/CCCO)S[C@@H]1O[C@H](CO)[C@@H](O)[C@H](O)[C@H]1O. The molecule has 0 amide bonds. The molecule has 0 radical (unpaired) electrons. The lowest BCUT2D eigenvalue weighted by Gasteiger charge is -2.39. The van der Waals surface area contributed by atoms with Crippen molar-refractivity contribution >= 4 is 27.2 Å². The predicted molar refractivity (Wildman–Crippen MR) is 75.9 cm³/mol. The van der Waals surface area contributed by atoms with Gasteiger partial charge in [-0.15, -0.1) is 0 Å². The van der Waals surface area contributed by atoms with E-state index in [4.69, 9.17) is 14.9 Å². The third-order valence-corrected chi connectivity index (χ3v) is 4.31. The molecule has 11 nitrogen and oxygen atoms in total. The van der Waals surface area contributed by atoms with E-state index in [1.165, 1.54) is 0 Å². The molecular formula is C10H18NO10S2-. The van der Waals surface area contributed by atoms with Crippen LogP contribution in [0.5, 0.6) is 0 Å². The fraction of sp³-hybridized carbons (Fsp3) is 0.900. The highest BCUT2D eigenvalue weighted by Crippen LogP contribution is 2.30. The Kier molecular flexibility index (Phi) is 8.12. The zero-order chi connectivity index (χ0) is 17.6. The summed E-state index contributed by atoms with van der Waals surface area (Å²) in [5.74, 6) is 0. The number of thioether (sulfide) groups is 1. The van der Waals surface area contributed by atoms with E-state index in [1.807, 2.05) is 0 Å². The largest absolute Gasteiger partial charge is 0.714 e. The average molecular weight is 376 g/mol. The Balaban J connectivity index is 2.84. The van der Waals surface area contributed by atoms with Crippen molar-refractivity contribution in [3.63, 3.8) is 0 Å². The van der Waals surface area contributed by atoms with Gasteiger partial charge in [-0.2, -0.15) is 8.42 Å². The van der Waals surface area contributed by atoms with E-state index >= 15 is 0 Å². The molecule has 5 N–H and O–H groups in total. The maximum absolute atomic E-state index is 10.4. The lowest BCUT2D eigenvalue weighted by atomic mass is 10.0. The standard InChI is InChI=1S/C10H19NO10S2/c12-3-1-2-6(11-21-23(17,18)19)22-10-9(16)8(15)7(14)5(4-13)20-10/h5,7-10,12-16H,1-4H2,(H,17,18,19)/p-1/b11-6-/t5-,7-,8+,9-,10+/m1/s1. The summed E-state index contributed by atoms with van der Waals surface area (Å²) in [7, 11) is -5.08. The molecule has 0 bridgehead atoms. The second kappa shape index (κ2) is 9.10. The fourth-order valence-electron chi connectivity index (χ4n) is 1.74. The van der Waals surface area contributed by atoms with Crippen molar-refractivity contribution in [2.24, 2.45) is 5.16 Å². The Morgan fingerprint density at radius 1 is 1.22 bits per heavy atom. The summed E-state index contributed by atoms with van der Waals surface area (Å²) < 4.78 is 40.3. The van der Waals surface area contributed by atoms with Gasteiger partial charge in [-0.3, -0.25) is 4.28 Å². The smallest absolute Gasteiger partial charge is 0.284 e. The van der Waals surface area contributed by atoms with Crippen LogP contribution in [0.1, 0.15) is 12.8 Å². The normalized spacial score (nSPS) is 32.8. The van der Waals surface area contributed by atoms with Crippen molar-refractivity contribution in [3.8, 4) is 0 Å².